The van der Waals surface area contributed by atoms with E-state index < -0.39 is 10.0 Å². The lowest BCUT2D eigenvalue weighted by Gasteiger charge is -2.30. The minimum Gasteiger partial charge on any atom is -0.241 e. The molecule has 8 nitrogen and oxygen atoms in total. The van der Waals surface area contributed by atoms with Gasteiger partial charge in [0.25, 0.3) is 0 Å². The van der Waals surface area contributed by atoms with E-state index in [0.717, 1.165) is 23.4 Å². The summed E-state index contributed by atoms with van der Waals surface area (Å²) in [5.74, 6) is 0.298. The lowest BCUT2D eigenvalue weighted by atomic mass is 9.99. The second-order valence-electron chi connectivity index (χ2n) is 6.95. The highest BCUT2D eigenvalue weighted by Crippen LogP contribution is 2.35. The lowest BCUT2D eigenvalue weighted by molar-refractivity contribution is 0.319. The maximum absolute atomic E-state index is 13.1. The third-order valence-corrected chi connectivity index (χ3v) is 8.28. The molecule has 0 aliphatic carbocycles. The van der Waals surface area contributed by atoms with Crippen molar-refractivity contribution in [2.75, 3.05) is 13.1 Å². The van der Waals surface area contributed by atoms with Crippen LogP contribution in [0.25, 0.3) is 15.9 Å². The first-order chi connectivity index (χ1) is 14.1. The van der Waals surface area contributed by atoms with Crippen molar-refractivity contribution < 1.29 is 8.42 Å². The molecule has 0 atom stereocenters. The largest absolute Gasteiger partial charge is 0.243 e. The zero-order valence-electron chi connectivity index (χ0n) is 15.4. The number of piperidine rings is 1. The fraction of sp³-hybridized carbons (Fsp3) is 0.263. The molecule has 0 N–H and O–H groups in total. The number of tetrazole rings is 1. The van der Waals surface area contributed by atoms with Crippen LogP contribution in [0.5, 0.6) is 0 Å². The Morgan fingerprint density at radius 2 is 1.86 bits per heavy atom. The maximum Gasteiger partial charge on any atom is 0.243 e. The van der Waals surface area contributed by atoms with E-state index in [1.54, 1.807) is 39.9 Å². The zero-order chi connectivity index (χ0) is 19.8. The van der Waals surface area contributed by atoms with Crippen molar-refractivity contribution in [2.24, 2.45) is 0 Å². The molecule has 1 saturated heterocycles. The highest BCUT2D eigenvalue weighted by molar-refractivity contribution is 7.89. The Labute approximate surface area is 171 Å². The standard InChI is InChI=1S/C19H18N6O2S2/c26-29(27,16-5-3-4-15(12-16)25-13-20-22-23-25)24-10-8-14(9-11-24)19-21-17-6-1-2-7-18(17)28-19/h1-7,12-14H,8-11H2. The Morgan fingerprint density at radius 1 is 1.03 bits per heavy atom. The second kappa shape index (κ2) is 7.29. The summed E-state index contributed by atoms with van der Waals surface area (Å²) in [5.41, 5.74) is 1.63. The van der Waals surface area contributed by atoms with E-state index in [1.165, 1.54) is 15.7 Å². The van der Waals surface area contributed by atoms with E-state index >= 15 is 0 Å². The van der Waals surface area contributed by atoms with Crippen LogP contribution in [0.1, 0.15) is 23.8 Å². The zero-order valence-corrected chi connectivity index (χ0v) is 17.1. The molecule has 0 amide bonds. The molecule has 5 rings (SSSR count). The number of nitrogens with zero attached hydrogens (tertiary/aromatic N) is 6. The smallest absolute Gasteiger partial charge is 0.241 e. The molecule has 10 heteroatoms. The van der Waals surface area contributed by atoms with Gasteiger partial charge in [0.05, 0.1) is 25.8 Å². The Kier molecular flexibility index (Phi) is 4.61. The Bertz CT molecular complexity index is 1210. The predicted octanol–water partition coefficient (Wildman–Crippen LogP) is 2.84. The number of sulfonamides is 1. The van der Waals surface area contributed by atoms with Crippen LogP contribution < -0.4 is 0 Å². The molecule has 0 bridgehead atoms. The third-order valence-electron chi connectivity index (χ3n) is 5.18. The van der Waals surface area contributed by atoms with Gasteiger partial charge in [0.1, 0.15) is 6.33 Å². The van der Waals surface area contributed by atoms with Gasteiger partial charge in [-0.25, -0.2) is 18.1 Å². The van der Waals surface area contributed by atoms with E-state index in [-0.39, 0.29) is 4.90 Å². The van der Waals surface area contributed by atoms with Crippen LogP contribution in [0.4, 0.5) is 0 Å². The van der Waals surface area contributed by atoms with E-state index in [1.807, 2.05) is 18.2 Å². The first kappa shape index (κ1) is 18.3. The quantitative estimate of drug-likeness (QED) is 0.498. The van der Waals surface area contributed by atoms with E-state index in [2.05, 4.69) is 21.6 Å². The maximum atomic E-state index is 13.1. The summed E-state index contributed by atoms with van der Waals surface area (Å²) in [5, 5.41) is 12.1. The van der Waals surface area contributed by atoms with Crippen molar-refractivity contribution in [3.8, 4) is 5.69 Å². The second-order valence-corrected chi connectivity index (χ2v) is 9.95. The van der Waals surface area contributed by atoms with Gasteiger partial charge in [0.15, 0.2) is 0 Å². The third kappa shape index (κ3) is 3.43. The first-order valence-corrected chi connectivity index (χ1v) is 11.6. The number of fused-ring (bicyclic) bond motifs is 1. The van der Waals surface area contributed by atoms with Gasteiger partial charge in [-0.1, -0.05) is 18.2 Å². The fourth-order valence-electron chi connectivity index (χ4n) is 3.62. The normalized spacial score (nSPS) is 16.4. The molecular formula is C19H18N6O2S2. The van der Waals surface area contributed by atoms with Crippen LogP contribution >= 0.6 is 11.3 Å². The molecule has 2 aromatic carbocycles. The molecular weight excluding hydrogens is 408 g/mol. The predicted molar refractivity (Wildman–Crippen MR) is 110 cm³/mol. The minimum atomic E-state index is -3.57. The Morgan fingerprint density at radius 3 is 2.62 bits per heavy atom. The SMILES string of the molecule is O=S(=O)(c1cccc(-n2cnnn2)c1)N1CCC(c2nc3ccccc3s2)CC1. The minimum absolute atomic E-state index is 0.254. The molecule has 29 heavy (non-hydrogen) atoms. The number of para-hydroxylation sites is 1. The summed E-state index contributed by atoms with van der Waals surface area (Å²) in [4.78, 5) is 5.00. The number of hydrogen-bond donors (Lipinski definition) is 0. The molecule has 1 aliphatic heterocycles. The topological polar surface area (TPSA) is 93.9 Å². The summed E-state index contributed by atoms with van der Waals surface area (Å²) in [6, 6.07) is 14.8. The van der Waals surface area contributed by atoms with E-state index in [9.17, 15) is 8.42 Å². The molecule has 148 valence electrons. The van der Waals surface area contributed by atoms with Crippen molar-refractivity contribution in [1.29, 1.82) is 0 Å². The molecule has 0 spiro atoms. The van der Waals surface area contributed by atoms with Gasteiger partial charge in [-0.2, -0.15) is 4.31 Å². The summed E-state index contributed by atoms with van der Waals surface area (Å²) in [6.45, 7) is 0.968. The summed E-state index contributed by atoms with van der Waals surface area (Å²) in [6.07, 6.45) is 2.98. The number of hydrogen-bond acceptors (Lipinski definition) is 7. The lowest BCUT2D eigenvalue weighted by Crippen LogP contribution is -2.37. The molecule has 3 heterocycles. The number of rotatable bonds is 4. The molecule has 1 fully saturated rings. The van der Waals surface area contributed by atoms with Crippen molar-refractivity contribution in [1.82, 2.24) is 29.5 Å². The molecule has 0 unspecified atom stereocenters. The van der Waals surface area contributed by atoms with Gasteiger partial charge in [0.2, 0.25) is 10.0 Å². The van der Waals surface area contributed by atoms with E-state index in [4.69, 9.17) is 4.98 Å². The van der Waals surface area contributed by atoms with E-state index in [0.29, 0.717) is 24.7 Å². The van der Waals surface area contributed by atoms with Crippen molar-refractivity contribution in [3.05, 3.63) is 59.9 Å². The van der Waals surface area contributed by atoms with Gasteiger partial charge in [-0.3, -0.25) is 0 Å². The fourth-order valence-corrected chi connectivity index (χ4v) is 6.27. The van der Waals surface area contributed by atoms with Gasteiger partial charge in [0, 0.05) is 19.0 Å². The Hall–Kier alpha value is -2.69. The number of benzene rings is 2. The van der Waals surface area contributed by atoms with Crippen LogP contribution in [-0.4, -0.2) is 51.0 Å². The van der Waals surface area contributed by atoms with Crippen LogP contribution in [0.2, 0.25) is 0 Å². The van der Waals surface area contributed by atoms with Crippen molar-refractivity contribution in [3.63, 3.8) is 0 Å². The molecule has 2 aromatic heterocycles. The van der Waals surface area contributed by atoms with Crippen LogP contribution in [0.15, 0.2) is 59.8 Å². The summed E-state index contributed by atoms with van der Waals surface area (Å²) >= 11 is 1.71. The number of aromatic nitrogens is 5. The highest BCUT2D eigenvalue weighted by atomic mass is 32.2. The van der Waals surface area contributed by atoms with Crippen LogP contribution in [-0.2, 0) is 10.0 Å². The molecule has 0 saturated carbocycles. The van der Waals surface area contributed by atoms with Crippen LogP contribution in [0, 0.1) is 0 Å². The van der Waals surface area contributed by atoms with Gasteiger partial charge < -0.3 is 0 Å². The average Bonchev–Trinajstić information content (AvgIpc) is 3.44. The first-order valence-electron chi connectivity index (χ1n) is 9.30. The Balaban J connectivity index is 1.34. The van der Waals surface area contributed by atoms with Crippen molar-refractivity contribution in [2.45, 2.75) is 23.7 Å². The van der Waals surface area contributed by atoms with Gasteiger partial charge in [-0.15, -0.1) is 16.4 Å². The monoisotopic (exact) mass is 426 g/mol. The van der Waals surface area contributed by atoms with Gasteiger partial charge >= 0.3 is 0 Å². The van der Waals surface area contributed by atoms with Crippen molar-refractivity contribution >= 4 is 31.6 Å². The number of thiazole rings is 1. The van der Waals surface area contributed by atoms with Crippen LogP contribution in [0.3, 0.4) is 0 Å². The molecule has 1 aliphatic rings. The summed E-state index contributed by atoms with van der Waals surface area (Å²) in [7, 11) is -3.57. The molecule has 0 radical (unpaired) electrons. The van der Waals surface area contributed by atoms with Gasteiger partial charge in [-0.05, 0) is 53.6 Å². The summed E-state index contributed by atoms with van der Waals surface area (Å²) < 4.78 is 30.5. The highest BCUT2D eigenvalue weighted by Gasteiger charge is 2.31. The molecule has 4 aromatic rings. The average molecular weight is 427 g/mol.